The van der Waals surface area contributed by atoms with E-state index in [1.54, 1.807) is 6.20 Å². The topological polar surface area (TPSA) is 81.2 Å². The quantitative estimate of drug-likeness (QED) is 0.664. The van der Waals surface area contributed by atoms with Crippen molar-refractivity contribution in [2.45, 2.75) is 19.9 Å². The Hall–Kier alpha value is -2.44. The van der Waals surface area contributed by atoms with Crippen LogP contribution in [0.3, 0.4) is 0 Å². The van der Waals surface area contributed by atoms with Crippen LogP contribution in [-0.4, -0.2) is 9.91 Å². The highest BCUT2D eigenvalue weighted by molar-refractivity contribution is 5.61. The number of anilines is 1. The zero-order chi connectivity index (χ0) is 13.8. The molecule has 1 aromatic carbocycles. The lowest BCUT2D eigenvalue weighted by molar-refractivity contribution is -0.384. The number of halogens is 1. The van der Waals surface area contributed by atoms with Gasteiger partial charge in [0.15, 0.2) is 0 Å². The van der Waals surface area contributed by atoms with Crippen LogP contribution in [0.5, 0.6) is 0 Å². The minimum Gasteiger partial charge on any atom is -0.444 e. The fourth-order valence-electron chi connectivity index (χ4n) is 1.57. The smallest absolute Gasteiger partial charge is 0.295 e. The van der Waals surface area contributed by atoms with E-state index >= 15 is 0 Å². The summed E-state index contributed by atoms with van der Waals surface area (Å²) in [5.74, 6) is 0.516. The van der Waals surface area contributed by atoms with Gasteiger partial charge in [0.1, 0.15) is 17.3 Å². The highest BCUT2D eigenvalue weighted by Gasteiger charge is 2.15. The molecule has 0 saturated carbocycles. The summed E-state index contributed by atoms with van der Waals surface area (Å²) in [6, 6.07) is 3.34. The van der Waals surface area contributed by atoms with Crippen molar-refractivity contribution in [1.29, 1.82) is 0 Å². The van der Waals surface area contributed by atoms with Crippen molar-refractivity contribution in [3.8, 4) is 0 Å². The molecular formula is C12H12FN3O3. The number of aryl methyl sites for hydroxylation is 1. The van der Waals surface area contributed by atoms with E-state index in [2.05, 4.69) is 10.3 Å². The Morgan fingerprint density at radius 1 is 1.53 bits per heavy atom. The maximum Gasteiger partial charge on any atom is 0.295 e. The van der Waals surface area contributed by atoms with Crippen molar-refractivity contribution in [2.75, 3.05) is 5.32 Å². The average Bonchev–Trinajstić information content (AvgIpc) is 2.85. The fraction of sp³-hybridized carbons (Fsp3) is 0.250. The largest absolute Gasteiger partial charge is 0.444 e. The van der Waals surface area contributed by atoms with Gasteiger partial charge in [0.25, 0.3) is 5.69 Å². The third-order valence-corrected chi connectivity index (χ3v) is 2.54. The molecule has 19 heavy (non-hydrogen) atoms. The third-order valence-electron chi connectivity index (χ3n) is 2.54. The Morgan fingerprint density at radius 3 is 2.95 bits per heavy atom. The Kier molecular flexibility index (Phi) is 3.74. The fourth-order valence-corrected chi connectivity index (χ4v) is 1.57. The summed E-state index contributed by atoms with van der Waals surface area (Å²) in [5.41, 5.74) is -0.0927. The van der Waals surface area contributed by atoms with E-state index in [4.69, 9.17) is 4.42 Å². The molecule has 0 bridgehead atoms. The molecule has 0 radical (unpaired) electrons. The number of hydrogen-bond donors (Lipinski definition) is 1. The van der Waals surface area contributed by atoms with E-state index in [-0.39, 0.29) is 17.9 Å². The van der Waals surface area contributed by atoms with E-state index < -0.39 is 10.7 Å². The van der Waals surface area contributed by atoms with Gasteiger partial charge < -0.3 is 9.73 Å². The van der Waals surface area contributed by atoms with Crippen LogP contribution in [0.1, 0.15) is 18.6 Å². The molecule has 100 valence electrons. The maximum absolute atomic E-state index is 13.0. The predicted octanol–water partition coefficient (Wildman–Crippen LogP) is 2.90. The molecule has 0 spiro atoms. The zero-order valence-corrected chi connectivity index (χ0v) is 10.2. The third kappa shape index (κ3) is 3.06. The average molecular weight is 265 g/mol. The van der Waals surface area contributed by atoms with Crippen LogP contribution in [-0.2, 0) is 13.0 Å². The Labute approximate surface area is 108 Å². The van der Waals surface area contributed by atoms with E-state index in [9.17, 15) is 14.5 Å². The normalized spacial score (nSPS) is 10.4. The SMILES string of the molecule is CCc1cnc(CNc2ccc(F)cc2[N+](=O)[O-])o1. The molecule has 0 fully saturated rings. The van der Waals surface area contributed by atoms with E-state index in [1.807, 2.05) is 6.92 Å². The van der Waals surface area contributed by atoms with Gasteiger partial charge in [-0.05, 0) is 12.1 Å². The molecule has 0 aliphatic carbocycles. The van der Waals surface area contributed by atoms with Crippen LogP contribution in [0, 0.1) is 15.9 Å². The van der Waals surface area contributed by atoms with Crippen LogP contribution in [0.4, 0.5) is 15.8 Å². The van der Waals surface area contributed by atoms with Crippen molar-refractivity contribution < 1.29 is 13.7 Å². The van der Waals surface area contributed by atoms with E-state index in [0.717, 1.165) is 24.3 Å². The van der Waals surface area contributed by atoms with Crippen molar-refractivity contribution in [3.05, 3.63) is 52.0 Å². The number of nitro benzene ring substituents is 1. The molecule has 0 atom stereocenters. The summed E-state index contributed by atoms with van der Waals surface area (Å²) in [6.45, 7) is 2.13. The molecule has 0 aliphatic rings. The van der Waals surface area contributed by atoms with Gasteiger partial charge >= 0.3 is 0 Å². The Bertz CT molecular complexity index is 598. The summed E-state index contributed by atoms with van der Waals surface area (Å²) in [7, 11) is 0. The number of nitrogens with one attached hydrogen (secondary N) is 1. The lowest BCUT2D eigenvalue weighted by atomic mass is 10.2. The van der Waals surface area contributed by atoms with Gasteiger partial charge in [-0.1, -0.05) is 6.92 Å². The zero-order valence-electron chi connectivity index (χ0n) is 10.2. The molecule has 0 unspecified atom stereocenters. The number of nitrogens with zero attached hydrogens (tertiary/aromatic N) is 2. The van der Waals surface area contributed by atoms with Crippen molar-refractivity contribution in [1.82, 2.24) is 4.98 Å². The number of benzene rings is 1. The number of hydrogen-bond acceptors (Lipinski definition) is 5. The predicted molar refractivity (Wildman–Crippen MR) is 66.3 cm³/mol. The molecule has 0 saturated heterocycles. The van der Waals surface area contributed by atoms with Crippen LogP contribution < -0.4 is 5.32 Å². The number of aromatic nitrogens is 1. The molecule has 7 heteroatoms. The summed E-state index contributed by atoms with van der Waals surface area (Å²) in [6.07, 6.45) is 2.33. The van der Waals surface area contributed by atoms with E-state index in [0.29, 0.717) is 5.89 Å². The Balaban J connectivity index is 2.12. The van der Waals surface area contributed by atoms with Crippen molar-refractivity contribution in [2.24, 2.45) is 0 Å². The molecule has 2 rings (SSSR count). The van der Waals surface area contributed by atoms with Gasteiger partial charge in [0, 0.05) is 6.42 Å². The minimum atomic E-state index is -0.651. The summed E-state index contributed by atoms with van der Waals surface area (Å²) in [5, 5.41) is 13.6. The lowest BCUT2D eigenvalue weighted by Gasteiger charge is -2.04. The van der Waals surface area contributed by atoms with Gasteiger partial charge in [0.05, 0.1) is 23.7 Å². The molecular weight excluding hydrogens is 253 g/mol. The van der Waals surface area contributed by atoms with Gasteiger partial charge in [0.2, 0.25) is 5.89 Å². The number of oxazole rings is 1. The second-order valence-corrected chi connectivity index (χ2v) is 3.85. The number of rotatable bonds is 5. The molecule has 1 aromatic heterocycles. The van der Waals surface area contributed by atoms with Crippen LogP contribution in [0.25, 0.3) is 0 Å². The monoisotopic (exact) mass is 265 g/mol. The van der Waals surface area contributed by atoms with Crippen LogP contribution in [0.15, 0.2) is 28.8 Å². The summed E-state index contributed by atoms with van der Waals surface area (Å²) >= 11 is 0. The lowest BCUT2D eigenvalue weighted by Crippen LogP contribution is -2.03. The Morgan fingerprint density at radius 2 is 2.32 bits per heavy atom. The van der Waals surface area contributed by atoms with Gasteiger partial charge in [-0.2, -0.15) is 0 Å². The molecule has 0 amide bonds. The van der Waals surface area contributed by atoms with E-state index in [1.165, 1.54) is 6.07 Å². The van der Waals surface area contributed by atoms with Gasteiger partial charge in [-0.25, -0.2) is 9.37 Å². The standard InChI is InChI=1S/C12H12FN3O3/c1-2-9-6-15-12(19-9)7-14-10-4-3-8(13)5-11(10)16(17)18/h3-6,14H,2,7H2,1H3. The maximum atomic E-state index is 13.0. The highest BCUT2D eigenvalue weighted by Crippen LogP contribution is 2.25. The van der Waals surface area contributed by atoms with Gasteiger partial charge in [-0.3, -0.25) is 10.1 Å². The summed E-state index contributed by atoms with van der Waals surface area (Å²) < 4.78 is 18.3. The molecule has 1 heterocycles. The van der Waals surface area contributed by atoms with Gasteiger partial charge in [-0.15, -0.1) is 0 Å². The van der Waals surface area contributed by atoms with Crippen molar-refractivity contribution >= 4 is 11.4 Å². The van der Waals surface area contributed by atoms with Crippen LogP contribution >= 0.6 is 0 Å². The first kappa shape index (κ1) is 13.0. The minimum absolute atomic E-state index is 0.201. The second-order valence-electron chi connectivity index (χ2n) is 3.85. The first-order chi connectivity index (χ1) is 9.10. The first-order valence-corrected chi connectivity index (χ1v) is 5.71. The molecule has 2 aromatic rings. The molecule has 1 N–H and O–H groups in total. The first-order valence-electron chi connectivity index (χ1n) is 5.71. The van der Waals surface area contributed by atoms with Crippen LogP contribution in [0.2, 0.25) is 0 Å². The molecule has 0 aliphatic heterocycles. The summed E-state index contributed by atoms with van der Waals surface area (Å²) in [4.78, 5) is 14.2. The molecule has 6 nitrogen and oxygen atoms in total. The van der Waals surface area contributed by atoms with Crippen molar-refractivity contribution in [3.63, 3.8) is 0 Å². The number of nitro groups is 1. The highest BCUT2D eigenvalue weighted by atomic mass is 19.1. The second kappa shape index (κ2) is 5.47.